The molecule has 0 amide bonds. The molecule has 1 aromatic heterocycles. The normalized spacial score (nSPS) is 20.3. The number of aromatic nitrogens is 1. The number of pyridine rings is 1. The van der Waals surface area contributed by atoms with Crippen molar-refractivity contribution in [1.29, 1.82) is 0 Å². The number of benzene rings is 2. The molecule has 0 unspecified atom stereocenters. The monoisotopic (exact) mass is 479 g/mol. The van der Waals surface area contributed by atoms with Crippen molar-refractivity contribution in [2.75, 3.05) is 6.61 Å². The molecule has 1 saturated carbocycles. The predicted molar refractivity (Wildman–Crippen MR) is 134 cm³/mol. The van der Waals surface area contributed by atoms with Crippen molar-refractivity contribution in [3.05, 3.63) is 65.2 Å². The summed E-state index contributed by atoms with van der Waals surface area (Å²) in [6.45, 7) is 6.09. The van der Waals surface area contributed by atoms with Crippen LogP contribution >= 0.6 is 11.6 Å². The Bertz CT molecular complexity index is 1170. The molecule has 34 heavy (non-hydrogen) atoms. The lowest BCUT2D eigenvalue weighted by molar-refractivity contribution is -0.159. The zero-order valence-corrected chi connectivity index (χ0v) is 20.5. The van der Waals surface area contributed by atoms with E-state index < -0.39 is 18.5 Å². The van der Waals surface area contributed by atoms with Gasteiger partial charge in [0.15, 0.2) is 6.61 Å². The van der Waals surface area contributed by atoms with Gasteiger partial charge in [-0.2, -0.15) is 0 Å². The lowest BCUT2D eigenvalue weighted by atomic mass is 9.75. The Kier molecular flexibility index (Phi) is 7.52. The summed E-state index contributed by atoms with van der Waals surface area (Å²) in [7, 11) is 0. The number of carbonyl (C=O) groups is 2. The zero-order chi connectivity index (χ0) is 24.2. The van der Waals surface area contributed by atoms with Crippen LogP contribution in [0.5, 0.6) is 0 Å². The van der Waals surface area contributed by atoms with Crippen LogP contribution < -0.4 is 0 Å². The van der Waals surface area contributed by atoms with Crippen molar-refractivity contribution in [2.24, 2.45) is 17.8 Å². The number of rotatable bonds is 6. The highest BCUT2D eigenvalue weighted by Crippen LogP contribution is 2.35. The average Bonchev–Trinajstić information content (AvgIpc) is 2.82. The molecule has 3 aromatic rings. The van der Waals surface area contributed by atoms with Gasteiger partial charge < -0.3 is 9.47 Å². The van der Waals surface area contributed by atoms with Gasteiger partial charge in [-0.3, -0.25) is 0 Å². The summed E-state index contributed by atoms with van der Waals surface area (Å²) in [5.41, 5.74) is 2.48. The van der Waals surface area contributed by atoms with Crippen molar-refractivity contribution in [2.45, 2.75) is 46.1 Å². The van der Waals surface area contributed by atoms with Gasteiger partial charge in [0.1, 0.15) is 6.10 Å². The maximum atomic E-state index is 13.0. The highest BCUT2D eigenvalue weighted by atomic mass is 35.5. The molecule has 4 rings (SSSR count). The van der Waals surface area contributed by atoms with Crippen molar-refractivity contribution in [3.8, 4) is 11.3 Å². The molecule has 0 radical (unpaired) electrons. The fourth-order valence-corrected chi connectivity index (χ4v) is 4.89. The molecule has 2 aromatic carbocycles. The summed E-state index contributed by atoms with van der Waals surface area (Å²) >= 11 is 6.01. The van der Waals surface area contributed by atoms with E-state index in [-0.39, 0.29) is 6.10 Å². The Morgan fingerprint density at radius 2 is 1.82 bits per heavy atom. The minimum Gasteiger partial charge on any atom is -0.460 e. The molecule has 0 bridgehead atoms. The van der Waals surface area contributed by atoms with Crippen LogP contribution in [0.15, 0.2) is 54.6 Å². The summed E-state index contributed by atoms with van der Waals surface area (Å²) in [6.07, 6.45) is 2.92. The fourth-order valence-electron chi connectivity index (χ4n) is 4.77. The van der Waals surface area contributed by atoms with Crippen LogP contribution in [-0.4, -0.2) is 29.6 Å². The van der Waals surface area contributed by atoms with Crippen LogP contribution in [-0.2, 0) is 14.3 Å². The Morgan fingerprint density at radius 1 is 1.09 bits per heavy atom. The summed E-state index contributed by atoms with van der Waals surface area (Å²) in [5.74, 6) is 0.201. The van der Waals surface area contributed by atoms with Gasteiger partial charge in [-0.05, 0) is 54.9 Å². The Labute approximate surface area is 205 Å². The first-order valence-electron chi connectivity index (χ1n) is 11.8. The van der Waals surface area contributed by atoms with Crippen LogP contribution in [0, 0.1) is 17.8 Å². The third-order valence-electron chi connectivity index (χ3n) is 6.64. The molecule has 0 saturated heterocycles. The minimum atomic E-state index is -0.580. The Morgan fingerprint density at radius 3 is 2.56 bits per heavy atom. The van der Waals surface area contributed by atoms with E-state index >= 15 is 0 Å². The van der Waals surface area contributed by atoms with Crippen molar-refractivity contribution >= 4 is 34.4 Å². The second-order valence-corrected chi connectivity index (χ2v) is 9.95. The van der Waals surface area contributed by atoms with Gasteiger partial charge in [0, 0.05) is 16.0 Å². The largest absolute Gasteiger partial charge is 0.460 e. The Hall–Kier alpha value is -2.92. The number of fused-ring (bicyclic) bond motifs is 1. The minimum absolute atomic E-state index is 0.131. The number of ether oxygens (including phenoxy) is 2. The van der Waals surface area contributed by atoms with E-state index in [0.29, 0.717) is 44.9 Å². The lowest BCUT2D eigenvalue weighted by Gasteiger charge is -2.36. The molecule has 178 valence electrons. The van der Waals surface area contributed by atoms with Crippen LogP contribution in [0.2, 0.25) is 5.02 Å². The molecule has 1 aliphatic rings. The second-order valence-electron chi connectivity index (χ2n) is 9.51. The molecule has 6 heteroatoms. The number of carbonyl (C=O) groups excluding carboxylic acids is 2. The van der Waals surface area contributed by atoms with Crippen molar-refractivity contribution < 1.29 is 19.1 Å². The van der Waals surface area contributed by atoms with Crippen LogP contribution in [0.4, 0.5) is 0 Å². The third-order valence-corrected chi connectivity index (χ3v) is 6.89. The molecule has 0 N–H and O–H groups in total. The molecule has 3 atom stereocenters. The van der Waals surface area contributed by atoms with E-state index in [1.807, 2.05) is 36.4 Å². The van der Waals surface area contributed by atoms with E-state index in [1.165, 1.54) is 0 Å². The second kappa shape index (κ2) is 10.6. The van der Waals surface area contributed by atoms with E-state index in [0.717, 1.165) is 24.8 Å². The van der Waals surface area contributed by atoms with Gasteiger partial charge >= 0.3 is 11.9 Å². The molecule has 0 aliphatic heterocycles. The average molecular weight is 480 g/mol. The molecular formula is C28H30ClNO4. The topological polar surface area (TPSA) is 65.5 Å². The third kappa shape index (κ3) is 5.58. The van der Waals surface area contributed by atoms with Gasteiger partial charge in [0.05, 0.1) is 16.8 Å². The van der Waals surface area contributed by atoms with Crippen LogP contribution in [0.3, 0.4) is 0 Å². The standard InChI is InChI=1S/C28H30ClNO4/c1-17(2)21-13-8-18(3)14-26(21)34-27(31)16-33-28(32)23-15-25(19-9-11-20(29)12-10-19)30-24-7-5-4-6-22(23)24/h4-7,9-12,15,17-18,21,26H,8,13-14,16H2,1-3H3/t18-,21+,26-/m0/s1. The van der Waals surface area contributed by atoms with Gasteiger partial charge in [0.2, 0.25) is 0 Å². The summed E-state index contributed by atoms with van der Waals surface area (Å²) in [6, 6.07) is 16.3. The fraction of sp³-hybridized carbons (Fsp3) is 0.393. The van der Waals surface area contributed by atoms with Gasteiger partial charge in [-0.25, -0.2) is 14.6 Å². The maximum Gasteiger partial charge on any atom is 0.344 e. The first kappa shape index (κ1) is 24.2. The van der Waals surface area contributed by atoms with Crippen LogP contribution in [0.25, 0.3) is 22.2 Å². The summed E-state index contributed by atoms with van der Waals surface area (Å²) < 4.78 is 11.2. The first-order valence-corrected chi connectivity index (χ1v) is 12.2. The molecular weight excluding hydrogens is 450 g/mol. The molecule has 5 nitrogen and oxygen atoms in total. The summed E-state index contributed by atoms with van der Waals surface area (Å²) in [4.78, 5) is 30.3. The van der Waals surface area contributed by atoms with Gasteiger partial charge in [-0.1, -0.05) is 69.1 Å². The quantitative estimate of drug-likeness (QED) is 0.367. The number of halogens is 1. The smallest absolute Gasteiger partial charge is 0.344 e. The number of nitrogens with zero attached hydrogens (tertiary/aromatic N) is 1. The number of para-hydroxylation sites is 1. The number of hydrogen-bond acceptors (Lipinski definition) is 5. The predicted octanol–water partition coefficient (Wildman–Crippen LogP) is 6.72. The van der Waals surface area contributed by atoms with Crippen LogP contribution in [0.1, 0.15) is 50.4 Å². The van der Waals surface area contributed by atoms with E-state index in [1.54, 1.807) is 18.2 Å². The van der Waals surface area contributed by atoms with E-state index in [9.17, 15) is 9.59 Å². The summed E-state index contributed by atoms with van der Waals surface area (Å²) in [5, 5.41) is 1.29. The highest BCUT2D eigenvalue weighted by molar-refractivity contribution is 6.30. The first-order chi connectivity index (χ1) is 16.3. The number of hydrogen-bond donors (Lipinski definition) is 0. The molecule has 1 fully saturated rings. The van der Waals surface area contributed by atoms with Crippen molar-refractivity contribution in [1.82, 2.24) is 4.98 Å². The zero-order valence-electron chi connectivity index (χ0n) is 19.8. The van der Waals surface area contributed by atoms with Crippen molar-refractivity contribution in [3.63, 3.8) is 0 Å². The molecule has 1 heterocycles. The maximum absolute atomic E-state index is 13.0. The highest BCUT2D eigenvalue weighted by Gasteiger charge is 2.33. The molecule has 1 aliphatic carbocycles. The van der Waals surface area contributed by atoms with Gasteiger partial charge in [0.25, 0.3) is 0 Å². The van der Waals surface area contributed by atoms with E-state index in [2.05, 4.69) is 25.8 Å². The lowest BCUT2D eigenvalue weighted by Crippen LogP contribution is -2.36. The Balaban J connectivity index is 1.50. The van der Waals surface area contributed by atoms with Gasteiger partial charge in [-0.15, -0.1) is 0 Å². The SMILES string of the molecule is CC(C)[C@H]1CC[C@H](C)C[C@@H]1OC(=O)COC(=O)c1cc(-c2ccc(Cl)cc2)nc2ccccc12. The van der Waals surface area contributed by atoms with E-state index in [4.69, 9.17) is 21.1 Å². The number of esters is 2. The molecule has 0 spiro atoms.